The fourth-order valence-corrected chi connectivity index (χ4v) is 2.54. The topological polar surface area (TPSA) is 93.5 Å². The Balaban J connectivity index is 1.72. The molecule has 7 heteroatoms. The zero-order valence-corrected chi connectivity index (χ0v) is 14.8. The zero-order chi connectivity index (χ0) is 19.9. The van der Waals surface area contributed by atoms with Gasteiger partial charge in [-0.2, -0.15) is 0 Å². The molecule has 3 rings (SSSR count). The average Bonchev–Trinajstić information content (AvgIpc) is 2.67. The average molecular weight is 379 g/mol. The molecule has 0 saturated heterocycles. The number of amides is 3. The van der Waals surface area contributed by atoms with Gasteiger partial charge in [0.25, 0.3) is 5.91 Å². The third kappa shape index (κ3) is 5.07. The Morgan fingerprint density at radius 1 is 0.893 bits per heavy atom. The number of anilines is 2. The highest BCUT2D eigenvalue weighted by atomic mass is 19.1. The molecular formula is C21H18FN3O3. The predicted molar refractivity (Wildman–Crippen MR) is 105 cm³/mol. The van der Waals surface area contributed by atoms with E-state index in [0.29, 0.717) is 22.7 Å². The largest absolute Gasteiger partial charge is 0.488 e. The Kier molecular flexibility index (Phi) is 5.86. The van der Waals surface area contributed by atoms with Crippen LogP contribution >= 0.6 is 0 Å². The van der Waals surface area contributed by atoms with Crippen LogP contribution in [-0.4, -0.2) is 11.9 Å². The van der Waals surface area contributed by atoms with Gasteiger partial charge >= 0.3 is 6.03 Å². The number of halogens is 1. The summed E-state index contributed by atoms with van der Waals surface area (Å²) >= 11 is 0. The number of para-hydroxylation sites is 1. The molecule has 28 heavy (non-hydrogen) atoms. The molecule has 6 nitrogen and oxygen atoms in total. The Morgan fingerprint density at radius 3 is 2.29 bits per heavy atom. The molecule has 0 saturated carbocycles. The maximum Gasteiger partial charge on any atom is 0.316 e. The van der Waals surface area contributed by atoms with Gasteiger partial charge < -0.3 is 21.1 Å². The van der Waals surface area contributed by atoms with Gasteiger partial charge in [0.1, 0.15) is 18.2 Å². The molecule has 0 fully saturated rings. The van der Waals surface area contributed by atoms with Crippen LogP contribution in [0.2, 0.25) is 0 Å². The molecule has 3 aromatic carbocycles. The first-order valence-electron chi connectivity index (χ1n) is 8.45. The highest BCUT2D eigenvalue weighted by Gasteiger charge is 2.13. The first kappa shape index (κ1) is 18.9. The van der Waals surface area contributed by atoms with Crippen molar-refractivity contribution in [2.45, 2.75) is 6.61 Å². The van der Waals surface area contributed by atoms with Crippen LogP contribution in [0, 0.1) is 5.82 Å². The smallest absolute Gasteiger partial charge is 0.316 e. The number of primary amides is 1. The quantitative estimate of drug-likeness (QED) is 0.601. The number of urea groups is 1. The number of carbonyl (C=O) groups excluding carboxylic acids is 2. The van der Waals surface area contributed by atoms with E-state index in [-0.39, 0.29) is 18.3 Å². The van der Waals surface area contributed by atoms with Gasteiger partial charge in [-0.1, -0.05) is 30.3 Å². The van der Waals surface area contributed by atoms with Crippen molar-refractivity contribution < 1.29 is 18.7 Å². The third-order valence-electron chi connectivity index (χ3n) is 3.83. The molecule has 0 aromatic heterocycles. The molecule has 0 aliphatic heterocycles. The van der Waals surface area contributed by atoms with Crippen molar-refractivity contribution >= 4 is 23.3 Å². The Morgan fingerprint density at radius 2 is 1.57 bits per heavy atom. The lowest BCUT2D eigenvalue weighted by Gasteiger charge is -2.12. The van der Waals surface area contributed by atoms with Crippen molar-refractivity contribution in [1.29, 1.82) is 0 Å². The van der Waals surface area contributed by atoms with E-state index in [1.54, 1.807) is 60.7 Å². The molecule has 0 unspecified atom stereocenters. The normalized spacial score (nSPS) is 10.2. The molecule has 142 valence electrons. The molecule has 0 bridgehead atoms. The van der Waals surface area contributed by atoms with Crippen LogP contribution in [0.25, 0.3) is 0 Å². The first-order chi connectivity index (χ1) is 13.5. The Bertz CT molecular complexity index is 990. The van der Waals surface area contributed by atoms with E-state index in [2.05, 4.69) is 10.6 Å². The van der Waals surface area contributed by atoms with Crippen molar-refractivity contribution in [2.24, 2.45) is 5.73 Å². The van der Waals surface area contributed by atoms with Gasteiger partial charge in [-0.3, -0.25) is 4.79 Å². The molecule has 0 aliphatic carbocycles. The van der Waals surface area contributed by atoms with Crippen LogP contribution in [0.15, 0.2) is 72.8 Å². The monoisotopic (exact) mass is 379 g/mol. The lowest BCUT2D eigenvalue weighted by molar-refractivity contribution is 0.102. The van der Waals surface area contributed by atoms with Gasteiger partial charge in [0.05, 0.1) is 5.56 Å². The summed E-state index contributed by atoms with van der Waals surface area (Å²) in [7, 11) is 0. The van der Waals surface area contributed by atoms with Gasteiger partial charge in [0.15, 0.2) is 0 Å². The van der Waals surface area contributed by atoms with Crippen LogP contribution in [0.1, 0.15) is 15.9 Å². The molecule has 0 heterocycles. The third-order valence-corrected chi connectivity index (χ3v) is 3.83. The highest BCUT2D eigenvalue weighted by molar-refractivity contribution is 6.06. The molecule has 0 atom stereocenters. The number of rotatable bonds is 6. The molecule has 0 spiro atoms. The van der Waals surface area contributed by atoms with Crippen LogP contribution in [0.4, 0.5) is 20.6 Å². The van der Waals surface area contributed by atoms with E-state index in [9.17, 15) is 14.0 Å². The summed E-state index contributed by atoms with van der Waals surface area (Å²) in [6, 6.07) is 18.7. The standard InChI is InChI=1S/C21H18FN3O3/c22-15-10-8-14(9-11-15)13-28-19-7-2-1-6-18(19)20(26)24-16-4-3-5-17(12-16)25-21(23)27/h1-12H,13H2,(H,24,26)(H3,23,25,27). The summed E-state index contributed by atoms with van der Waals surface area (Å²) in [5, 5.41) is 5.21. The van der Waals surface area contributed by atoms with E-state index >= 15 is 0 Å². The van der Waals surface area contributed by atoms with Crippen molar-refractivity contribution in [2.75, 3.05) is 10.6 Å². The number of benzene rings is 3. The number of ether oxygens (including phenoxy) is 1. The molecule has 0 aliphatic rings. The van der Waals surface area contributed by atoms with Crippen LogP contribution < -0.4 is 21.1 Å². The number of hydrogen-bond acceptors (Lipinski definition) is 3. The molecule has 0 radical (unpaired) electrons. The second kappa shape index (κ2) is 8.68. The van der Waals surface area contributed by atoms with Crippen LogP contribution in [0.3, 0.4) is 0 Å². The second-order valence-electron chi connectivity index (χ2n) is 5.94. The maximum absolute atomic E-state index is 13.0. The van der Waals surface area contributed by atoms with Crippen molar-refractivity contribution in [3.8, 4) is 5.75 Å². The minimum Gasteiger partial charge on any atom is -0.488 e. The van der Waals surface area contributed by atoms with E-state index in [1.165, 1.54) is 12.1 Å². The maximum atomic E-state index is 13.0. The SMILES string of the molecule is NC(=O)Nc1cccc(NC(=O)c2ccccc2OCc2ccc(F)cc2)c1. The first-order valence-corrected chi connectivity index (χ1v) is 8.45. The molecule has 3 aromatic rings. The van der Waals surface area contributed by atoms with Crippen LogP contribution in [0.5, 0.6) is 5.75 Å². The van der Waals surface area contributed by atoms with Gasteiger partial charge in [-0.05, 0) is 48.0 Å². The lowest BCUT2D eigenvalue weighted by atomic mass is 10.1. The number of nitrogens with one attached hydrogen (secondary N) is 2. The van der Waals surface area contributed by atoms with E-state index in [4.69, 9.17) is 10.5 Å². The summed E-state index contributed by atoms with van der Waals surface area (Å²) in [5.74, 6) is -0.293. The van der Waals surface area contributed by atoms with Gasteiger partial charge in [-0.15, -0.1) is 0 Å². The summed E-state index contributed by atoms with van der Waals surface area (Å²) in [4.78, 5) is 23.6. The summed E-state index contributed by atoms with van der Waals surface area (Å²) in [6.45, 7) is 0.197. The summed E-state index contributed by atoms with van der Waals surface area (Å²) in [6.07, 6.45) is 0. The van der Waals surface area contributed by atoms with E-state index in [1.807, 2.05) is 0 Å². The predicted octanol–water partition coefficient (Wildman–Crippen LogP) is 4.15. The fraction of sp³-hybridized carbons (Fsp3) is 0.0476. The van der Waals surface area contributed by atoms with Gasteiger partial charge in [0, 0.05) is 11.4 Å². The van der Waals surface area contributed by atoms with Gasteiger partial charge in [-0.25, -0.2) is 9.18 Å². The minimum absolute atomic E-state index is 0.197. The molecular weight excluding hydrogens is 361 g/mol. The second-order valence-corrected chi connectivity index (χ2v) is 5.94. The van der Waals surface area contributed by atoms with E-state index in [0.717, 1.165) is 5.56 Å². The lowest BCUT2D eigenvalue weighted by Crippen LogP contribution is -2.19. The summed E-state index contributed by atoms with van der Waals surface area (Å²) < 4.78 is 18.7. The van der Waals surface area contributed by atoms with E-state index < -0.39 is 6.03 Å². The van der Waals surface area contributed by atoms with Crippen molar-refractivity contribution in [3.05, 3.63) is 89.7 Å². The van der Waals surface area contributed by atoms with Crippen LogP contribution in [-0.2, 0) is 6.61 Å². The Hall–Kier alpha value is -3.87. The molecule has 3 amide bonds. The highest BCUT2D eigenvalue weighted by Crippen LogP contribution is 2.22. The van der Waals surface area contributed by atoms with Crippen molar-refractivity contribution in [1.82, 2.24) is 0 Å². The summed E-state index contributed by atoms with van der Waals surface area (Å²) in [5.41, 5.74) is 7.18. The fourth-order valence-electron chi connectivity index (χ4n) is 2.54. The van der Waals surface area contributed by atoms with Crippen molar-refractivity contribution in [3.63, 3.8) is 0 Å². The molecule has 4 N–H and O–H groups in total. The minimum atomic E-state index is -0.692. The number of nitrogens with two attached hydrogens (primary N) is 1. The number of carbonyl (C=O) groups is 2. The number of hydrogen-bond donors (Lipinski definition) is 3. The van der Waals surface area contributed by atoms with Gasteiger partial charge in [0.2, 0.25) is 0 Å². The Labute approximate surface area is 161 Å². The zero-order valence-electron chi connectivity index (χ0n) is 14.8.